The van der Waals surface area contributed by atoms with Gasteiger partial charge in [-0.3, -0.25) is 4.79 Å². The second-order valence-electron chi connectivity index (χ2n) is 7.96. The smallest absolute Gasteiger partial charge is 0.360 e. The summed E-state index contributed by atoms with van der Waals surface area (Å²) < 4.78 is 6.89. The van der Waals surface area contributed by atoms with Crippen LogP contribution >= 0.6 is 23.2 Å². The Hall–Kier alpha value is -3.17. The van der Waals surface area contributed by atoms with E-state index in [2.05, 4.69) is 26.9 Å². The number of ether oxygens (including phenoxy) is 1. The van der Waals surface area contributed by atoms with Gasteiger partial charge >= 0.3 is 5.97 Å². The highest BCUT2D eigenvalue weighted by Gasteiger charge is 2.25. The number of carbonyl (C=O) groups is 1. The predicted molar refractivity (Wildman–Crippen MR) is 129 cm³/mol. The third-order valence-electron chi connectivity index (χ3n) is 5.50. The largest absolute Gasteiger partial charge is 0.487 e. The molecule has 0 spiro atoms. The summed E-state index contributed by atoms with van der Waals surface area (Å²) in [6, 6.07) is 5.62. The molecule has 11 heteroatoms. The summed E-state index contributed by atoms with van der Waals surface area (Å²) in [5, 5.41) is 14.2. The molecule has 4 rings (SSSR count). The van der Waals surface area contributed by atoms with Gasteiger partial charge in [-0.05, 0) is 30.2 Å². The van der Waals surface area contributed by atoms with Gasteiger partial charge in [0.15, 0.2) is 5.75 Å². The number of piperidine rings is 1. The monoisotopic (exact) mass is 503 g/mol. The number of carboxylic acids is 1. The summed E-state index contributed by atoms with van der Waals surface area (Å²) in [5.41, 5.74) is 0.500. The fourth-order valence-electron chi connectivity index (χ4n) is 3.76. The van der Waals surface area contributed by atoms with E-state index in [-0.39, 0.29) is 22.6 Å². The molecule has 178 valence electrons. The van der Waals surface area contributed by atoms with Crippen LogP contribution in [0.25, 0.3) is 5.69 Å². The Labute approximate surface area is 205 Å². The van der Waals surface area contributed by atoms with Gasteiger partial charge in [0.25, 0.3) is 5.56 Å². The van der Waals surface area contributed by atoms with E-state index in [1.165, 1.54) is 18.2 Å². The van der Waals surface area contributed by atoms with Gasteiger partial charge in [0.2, 0.25) is 11.6 Å². The van der Waals surface area contributed by atoms with Crippen molar-refractivity contribution in [2.45, 2.75) is 38.7 Å². The van der Waals surface area contributed by atoms with Crippen LogP contribution in [0, 0.1) is 0 Å². The van der Waals surface area contributed by atoms with Gasteiger partial charge in [0.05, 0.1) is 21.8 Å². The molecule has 0 amide bonds. The van der Waals surface area contributed by atoms with E-state index in [1.807, 2.05) is 12.4 Å². The lowest BCUT2D eigenvalue weighted by molar-refractivity contribution is 0.0677. The zero-order chi connectivity index (χ0) is 24.2. The molecule has 34 heavy (non-hydrogen) atoms. The van der Waals surface area contributed by atoms with Crippen molar-refractivity contribution in [3.05, 3.63) is 68.3 Å². The molecular formula is C23H23Cl2N5O4. The van der Waals surface area contributed by atoms with Gasteiger partial charge in [0, 0.05) is 38.3 Å². The van der Waals surface area contributed by atoms with Crippen molar-refractivity contribution in [3.63, 3.8) is 0 Å². The van der Waals surface area contributed by atoms with Crippen molar-refractivity contribution < 1.29 is 14.6 Å². The number of hydrogen-bond acceptors (Lipinski definition) is 7. The summed E-state index contributed by atoms with van der Waals surface area (Å²) in [6.07, 6.45) is 6.65. The first-order chi connectivity index (χ1) is 16.4. The van der Waals surface area contributed by atoms with Crippen molar-refractivity contribution in [1.29, 1.82) is 0 Å². The number of aromatic carboxylic acids is 1. The maximum Gasteiger partial charge on any atom is 0.360 e. The van der Waals surface area contributed by atoms with Crippen LogP contribution in [0.5, 0.6) is 5.75 Å². The van der Waals surface area contributed by atoms with Crippen LogP contribution < -0.4 is 15.2 Å². The molecule has 0 radical (unpaired) electrons. The molecule has 0 atom stereocenters. The summed E-state index contributed by atoms with van der Waals surface area (Å²) >= 11 is 12.0. The summed E-state index contributed by atoms with van der Waals surface area (Å²) in [4.78, 5) is 35.5. The van der Waals surface area contributed by atoms with Crippen molar-refractivity contribution in [2.24, 2.45) is 0 Å². The van der Waals surface area contributed by atoms with Crippen molar-refractivity contribution in [2.75, 3.05) is 18.0 Å². The second kappa shape index (κ2) is 10.4. The minimum atomic E-state index is -1.30. The lowest BCUT2D eigenvalue weighted by Crippen LogP contribution is -2.39. The first-order valence-electron chi connectivity index (χ1n) is 10.9. The maximum absolute atomic E-state index is 12.7. The Bertz CT molecular complexity index is 1240. The molecule has 1 N–H and O–H groups in total. The fraction of sp³-hybridized carbons (Fsp3) is 0.348. The second-order valence-corrected chi connectivity index (χ2v) is 8.77. The van der Waals surface area contributed by atoms with Gasteiger partial charge in [-0.15, -0.1) is 0 Å². The number of nitrogens with zero attached hydrogens (tertiary/aromatic N) is 5. The summed E-state index contributed by atoms with van der Waals surface area (Å²) in [6.45, 7) is 3.40. The number of aromatic nitrogens is 4. The SMILES string of the molecule is CCCc1cnc(N2CCC(Oc3cc(=O)n(-c4ccc(Cl)c(Cl)c4)nc3C(=O)O)CC2)nc1. The zero-order valence-electron chi connectivity index (χ0n) is 18.4. The van der Waals surface area contributed by atoms with Gasteiger partial charge < -0.3 is 14.7 Å². The summed E-state index contributed by atoms with van der Waals surface area (Å²) in [7, 11) is 0. The highest BCUT2D eigenvalue weighted by atomic mass is 35.5. The molecule has 1 saturated heterocycles. The number of benzene rings is 1. The van der Waals surface area contributed by atoms with Crippen LogP contribution in [0.15, 0.2) is 41.5 Å². The first-order valence-corrected chi connectivity index (χ1v) is 11.7. The molecule has 1 aromatic carbocycles. The Morgan fingerprint density at radius 3 is 2.47 bits per heavy atom. The van der Waals surface area contributed by atoms with E-state index in [4.69, 9.17) is 27.9 Å². The minimum Gasteiger partial charge on any atom is -0.487 e. The van der Waals surface area contributed by atoms with Crippen LogP contribution in [0.1, 0.15) is 42.2 Å². The Kier molecular flexibility index (Phi) is 7.33. The molecule has 3 heterocycles. The molecule has 2 aromatic heterocycles. The average Bonchev–Trinajstić information content (AvgIpc) is 2.82. The topological polar surface area (TPSA) is 110 Å². The Balaban J connectivity index is 1.48. The van der Waals surface area contributed by atoms with Gasteiger partial charge in [-0.25, -0.2) is 14.8 Å². The van der Waals surface area contributed by atoms with E-state index < -0.39 is 11.5 Å². The van der Waals surface area contributed by atoms with Crippen molar-refractivity contribution in [1.82, 2.24) is 19.7 Å². The highest BCUT2D eigenvalue weighted by molar-refractivity contribution is 6.42. The van der Waals surface area contributed by atoms with E-state index in [1.54, 1.807) is 0 Å². The predicted octanol–water partition coefficient (Wildman–Crippen LogP) is 4.03. The molecule has 1 aliphatic rings. The molecule has 0 bridgehead atoms. The van der Waals surface area contributed by atoms with Gasteiger partial charge in [0.1, 0.15) is 6.10 Å². The van der Waals surface area contributed by atoms with Crippen LogP contribution in [0.2, 0.25) is 10.0 Å². The van der Waals surface area contributed by atoms with Crippen molar-refractivity contribution in [3.8, 4) is 11.4 Å². The van der Waals surface area contributed by atoms with Gasteiger partial charge in [-0.2, -0.15) is 9.78 Å². The molecular weight excluding hydrogens is 481 g/mol. The maximum atomic E-state index is 12.7. The van der Waals surface area contributed by atoms with Crippen LogP contribution in [0.4, 0.5) is 5.95 Å². The first kappa shape index (κ1) is 24.0. The lowest BCUT2D eigenvalue weighted by Gasteiger charge is -2.32. The lowest BCUT2D eigenvalue weighted by atomic mass is 10.1. The molecule has 3 aromatic rings. The molecule has 1 fully saturated rings. The quantitative estimate of drug-likeness (QED) is 0.514. The average molecular weight is 504 g/mol. The fourth-order valence-corrected chi connectivity index (χ4v) is 4.05. The molecule has 9 nitrogen and oxygen atoms in total. The third kappa shape index (κ3) is 5.31. The Morgan fingerprint density at radius 1 is 1.15 bits per heavy atom. The standard InChI is InChI=1S/C23H23Cl2N5O4/c1-2-3-14-12-26-23(27-13-14)29-8-6-16(7-9-29)34-19-11-20(31)30(28-21(19)22(32)33)15-4-5-17(24)18(25)10-15/h4-5,10-13,16H,2-3,6-9H2,1H3,(H,32,33). The van der Waals surface area contributed by atoms with E-state index in [0.717, 1.165) is 29.2 Å². The number of rotatable bonds is 7. The van der Waals surface area contributed by atoms with Crippen molar-refractivity contribution >= 4 is 35.1 Å². The minimum absolute atomic E-state index is 0.0626. The van der Waals surface area contributed by atoms with Crippen LogP contribution in [-0.4, -0.2) is 50.0 Å². The van der Waals surface area contributed by atoms with E-state index >= 15 is 0 Å². The molecule has 0 unspecified atom stereocenters. The zero-order valence-corrected chi connectivity index (χ0v) is 20.0. The van der Waals surface area contributed by atoms with Crippen LogP contribution in [0.3, 0.4) is 0 Å². The number of hydrogen-bond donors (Lipinski definition) is 1. The van der Waals surface area contributed by atoms with Crippen LogP contribution in [-0.2, 0) is 6.42 Å². The molecule has 0 saturated carbocycles. The third-order valence-corrected chi connectivity index (χ3v) is 6.23. The number of carboxylic acid groups (broad SMARTS) is 1. The van der Waals surface area contributed by atoms with E-state index in [9.17, 15) is 14.7 Å². The van der Waals surface area contributed by atoms with E-state index in [0.29, 0.717) is 42.6 Å². The number of aryl methyl sites for hydroxylation is 1. The number of anilines is 1. The Morgan fingerprint density at radius 2 is 1.85 bits per heavy atom. The summed E-state index contributed by atoms with van der Waals surface area (Å²) in [5.74, 6) is -0.704. The molecule has 0 aliphatic carbocycles. The molecule has 1 aliphatic heterocycles. The normalized spacial score (nSPS) is 14.3. The highest BCUT2D eigenvalue weighted by Crippen LogP contribution is 2.25. The van der Waals surface area contributed by atoms with Gasteiger partial charge in [-0.1, -0.05) is 36.5 Å². The number of halogens is 2.